The Kier molecular flexibility index (Phi) is 6.71. The highest BCUT2D eigenvalue weighted by atomic mass is 32.2. The van der Waals surface area contributed by atoms with Gasteiger partial charge >= 0.3 is 0 Å². The molecule has 3 aromatic carbocycles. The van der Waals surface area contributed by atoms with Crippen LogP contribution in [0.2, 0.25) is 0 Å². The Morgan fingerprint density at radius 3 is 2.26 bits per heavy atom. The number of nitrogens with zero attached hydrogens (tertiary/aromatic N) is 1. The molecule has 0 bridgehead atoms. The van der Waals surface area contributed by atoms with Crippen LogP contribution in [0.1, 0.15) is 28.4 Å². The number of nitrogens with one attached hydrogen (secondary N) is 1. The molecule has 31 heavy (non-hydrogen) atoms. The van der Waals surface area contributed by atoms with E-state index in [1.165, 1.54) is 24.3 Å². The number of sulfonamides is 1. The van der Waals surface area contributed by atoms with Gasteiger partial charge in [0.25, 0.3) is 21.8 Å². The predicted octanol–water partition coefficient (Wildman–Crippen LogP) is 3.46. The second-order valence-corrected chi connectivity index (χ2v) is 8.63. The molecule has 0 fully saturated rings. The summed E-state index contributed by atoms with van der Waals surface area (Å²) in [4.78, 5) is 24.6. The smallest absolute Gasteiger partial charge is 0.284 e. The zero-order chi connectivity index (χ0) is 22.4. The quantitative estimate of drug-likeness (QED) is 0.595. The summed E-state index contributed by atoms with van der Waals surface area (Å²) in [7, 11) is -4.26. The third-order valence-corrected chi connectivity index (χ3v) is 6.09. The van der Waals surface area contributed by atoms with E-state index in [4.69, 9.17) is 4.74 Å². The monoisotopic (exact) mass is 438 g/mol. The van der Waals surface area contributed by atoms with Crippen molar-refractivity contribution in [2.45, 2.75) is 25.3 Å². The van der Waals surface area contributed by atoms with E-state index in [1.807, 2.05) is 37.3 Å². The average Bonchev–Trinajstić information content (AvgIpc) is 2.76. The fraction of sp³-hybridized carbons (Fsp3) is 0.130. The Bertz CT molecular complexity index is 1180. The first kappa shape index (κ1) is 22.0. The van der Waals surface area contributed by atoms with Gasteiger partial charge in [0.05, 0.1) is 4.90 Å². The van der Waals surface area contributed by atoms with Crippen molar-refractivity contribution < 1.29 is 22.7 Å². The molecule has 8 heteroatoms. The maximum Gasteiger partial charge on any atom is 0.284 e. The van der Waals surface area contributed by atoms with E-state index in [-0.39, 0.29) is 10.5 Å². The molecule has 0 saturated carbocycles. The van der Waals surface area contributed by atoms with E-state index < -0.39 is 21.8 Å². The lowest BCUT2D eigenvalue weighted by molar-refractivity contribution is -0.125. The number of ether oxygens (including phenoxy) is 1. The van der Waals surface area contributed by atoms with E-state index in [2.05, 4.69) is 5.43 Å². The molecule has 7 nitrogen and oxygen atoms in total. The molecule has 1 N–H and O–H groups in total. The largest absolute Gasteiger partial charge is 0.489 e. The Hall–Kier alpha value is -3.65. The Morgan fingerprint density at radius 2 is 1.61 bits per heavy atom. The fourth-order valence-electron chi connectivity index (χ4n) is 2.75. The Labute approximate surface area is 181 Å². The number of aryl methyl sites for hydroxylation is 1. The van der Waals surface area contributed by atoms with Crippen molar-refractivity contribution in [3.8, 4) is 5.75 Å². The molecule has 0 aliphatic carbocycles. The van der Waals surface area contributed by atoms with Crippen LogP contribution in [0.3, 0.4) is 0 Å². The van der Waals surface area contributed by atoms with Gasteiger partial charge in [0.1, 0.15) is 12.4 Å². The SMILES string of the molecule is CC(=O)N(NC(=O)c1cccc(OCc2ccccc2)c1)S(=O)(=O)c1ccc(C)cc1. The van der Waals surface area contributed by atoms with E-state index in [0.717, 1.165) is 18.1 Å². The summed E-state index contributed by atoms with van der Waals surface area (Å²) in [6.45, 7) is 3.19. The van der Waals surface area contributed by atoms with Gasteiger partial charge in [-0.3, -0.25) is 9.59 Å². The maximum atomic E-state index is 12.8. The van der Waals surface area contributed by atoms with Crippen LogP contribution in [-0.2, 0) is 21.4 Å². The van der Waals surface area contributed by atoms with Crippen molar-refractivity contribution in [2.24, 2.45) is 0 Å². The molecule has 0 atom stereocenters. The van der Waals surface area contributed by atoms with E-state index in [1.54, 1.807) is 24.3 Å². The number of hydrazine groups is 1. The topological polar surface area (TPSA) is 92.8 Å². The molecule has 2 amide bonds. The zero-order valence-electron chi connectivity index (χ0n) is 17.1. The molecule has 0 radical (unpaired) electrons. The van der Waals surface area contributed by atoms with Crippen molar-refractivity contribution in [1.29, 1.82) is 0 Å². The summed E-state index contributed by atoms with van der Waals surface area (Å²) in [6, 6.07) is 21.8. The number of hydrogen-bond acceptors (Lipinski definition) is 5. The van der Waals surface area contributed by atoms with Crippen LogP contribution in [-0.4, -0.2) is 24.6 Å². The van der Waals surface area contributed by atoms with Crippen LogP contribution >= 0.6 is 0 Å². The second-order valence-electron chi connectivity index (χ2n) is 6.84. The number of carbonyl (C=O) groups excluding carboxylic acids is 2. The number of hydrogen-bond donors (Lipinski definition) is 1. The molecular weight excluding hydrogens is 416 g/mol. The minimum Gasteiger partial charge on any atom is -0.489 e. The lowest BCUT2D eigenvalue weighted by atomic mass is 10.2. The van der Waals surface area contributed by atoms with E-state index in [9.17, 15) is 18.0 Å². The van der Waals surface area contributed by atoms with Gasteiger partial charge in [0.2, 0.25) is 0 Å². The van der Waals surface area contributed by atoms with Gasteiger partial charge in [-0.2, -0.15) is 8.42 Å². The zero-order valence-corrected chi connectivity index (χ0v) is 17.9. The van der Waals surface area contributed by atoms with Crippen LogP contribution in [0.4, 0.5) is 0 Å². The Morgan fingerprint density at radius 1 is 0.935 bits per heavy atom. The van der Waals surface area contributed by atoms with Gasteiger partial charge in [-0.1, -0.05) is 54.1 Å². The first-order valence-electron chi connectivity index (χ1n) is 9.48. The van der Waals surface area contributed by atoms with Crippen molar-refractivity contribution in [1.82, 2.24) is 9.84 Å². The highest BCUT2D eigenvalue weighted by Crippen LogP contribution is 2.18. The van der Waals surface area contributed by atoms with Gasteiger partial charge in [-0.15, -0.1) is 4.41 Å². The van der Waals surface area contributed by atoms with Crippen molar-refractivity contribution >= 4 is 21.8 Å². The summed E-state index contributed by atoms with van der Waals surface area (Å²) in [5.74, 6) is -1.16. The molecule has 0 aromatic heterocycles. The second kappa shape index (κ2) is 9.44. The average molecular weight is 439 g/mol. The molecule has 0 aliphatic rings. The molecular formula is C23H22N2O5S. The van der Waals surface area contributed by atoms with Gasteiger partial charge in [-0.05, 0) is 42.8 Å². The van der Waals surface area contributed by atoms with Gasteiger partial charge < -0.3 is 4.74 Å². The standard InChI is InChI=1S/C23H22N2O5S/c1-17-11-13-22(14-12-17)31(28,29)25(18(2)26)24-23(27)20-9-6-10-21(15-20)30-16-19-7-4-3-5-8-19/h3-15H,16H2,1-2H3,(H,24,27). The minimum absolute atomic E-state index is 0.103. The highest BCUT2D eigenvalue weighted by molar-refractivity contribution is 7.89. The summed E-state index contributed by atoms with van der Waals surface area (Å²) < 4.78 is 31.7. The van der Waals surface area contributed by atoms with E-state index >= 15 is 0 Å². The summed E-state index contributed by atoms with van der Waals surface area (Å²) in [5, 5.41) is 0. The lowest BCUT2D eigenvalue weighted by Gasteiger charge is -2.21. The van der Waals surface area contributed by atoms with Crippen LogP contribution in [0.25, 0.3) is 0 Å². The number of benzene rings is 3. The van der Waals surface area contributed by atoms with E-state index in [0.29, 0.717) is 16.8 Å². The first-order valence-corrected chi connectivity index (χ1v) is 10.9. The number of amides is 2. The summed E-state index contributed by atoms with van der Waals surface area (Å²) >= 11 is 0. The van der Waals surface area contributed by atoms with Crippen molar-refractivity contribution in [3.05, 3.63) is 95.6 Å². The van der Waals surface area contributed by atoms with Crippen LogP contribution in [0, 0.1) is 6.92 Å². The molecule has 3 rings (SSSR count). The van der Waals surface area contributed by atoms with Crippen molar-refractivity contribution in [3.63, 3.8) is 0 Å². The lowest BCUT2D eigenvalue weighted by Crippen LogP contribution is -2.48. The van der Waals surface area contributed by atoms with Gasteiger partial charge in [0, 0.05) is 12.5 Å². The predicted molar refractivity (Wildman–Crippen MR) is 116 cm³/mol. The van der Waals surface area contributed by atoms with Crippen LogP contribution < -0.4 is 10.2 Å². The van der Waals surface area contributed by atoms with Crippen LogP contribution in [0.15, 0.2) is 83.8 Å². The highest BCUT2D eigenvalue weighted by Gasteiger charge is 2.29. The number of rotatable bonds is 6. The minimum atomic E-state index is -4.26. The molecule has 0 aliphatic heterocycles. The summed E-state index contributed by atoms with van der Waals surface area (Å²) in [5.41, 5.74) is 4.17. The Balaban J connectivity index is 1.76. The molecule has 0 heterocycles. The van der Waals surface area contributed by atoms with Gasteiger partial charge in [-0.25, -0.2) is 5.43 Å². The van der Waals surface area contributed by atoms with Crippen LogP contribution in [0.5, 0.6) is 5.75 Å². The number of carbonyl (C=O) groups is 2. The molecule has 160 valence electrons. The normalized spacial score (nSPS) is 10.9. The van der Waals surface area contributed by atoms with Crippen molar-refractivity contribution in [2.75, 3.05) is 0 Å². The van der Waals surface area contributed by atoms with Gasteiger partial charge in [0.15, 0.2) is 0 Å². The molecule has 0 saturated heterocycles. The maximum absolute atomic E-state index is 12.8. The first-order chi connectivity index (χ1) is 14.8. The molecule has 0 spiro atoms. The molecule has 0 unspecified atom stereocenters. The third-order valence-electron chi connectivity index (χ3n) is 4.39. The fourth-order valence-corrected chi connectivity index (χ4v) is 3.98. The molecule has 3 aromatic rings. The third kappa shape index (κ3) is 5.49. The summed E-state index contributed by atoms with van der Waals surface area (Å²) in [6.07, 6.45) is 0.